The van der Waals surface area contributed by atoms with Gasteiger partial charge in [-0.3, -0.25) is 9.79 Å². The second kappa shape index (κ2) is 10.8. The molecule has 0 aliphatic carbocycles. The number of aromatic nitrogens is 2. The van der Waals surface area contributed by atoms with E-state index < -0.39 is 5.82 Å². The van der Waals surface area contributed by atoms with Crippen LogP contribution in [0.2, 0.25) is 0 Å². The van der Waals surface area contributed by atoms with Crippen molar-refractivity contribution >= 4 is 46.6 Å². The molecule has 32 heavy (non-hydrogen) atoms. The number of amides is 1. The van der Waals surface area contributed by atoms with Crippen LogP contribution < -0.4 is 16.0 Å². The first-order valence-electron chi connectivity index (χ1n) is 9.81. The molecule has 3 rings (SSSR count). The Kier molecular flexibility index (Phi) is 7.65. The van der Waals surface area contributed by atoms with E-state index in [0.29, 0.717) is 23.6 Å². The van der Waals surface area contributed by atoms with E-state index in [1.165, 1.54) is 11.1 Å². The molecule has 0 aliphatic heterocycles. The van der Waals surface area contributed by atoms with Crippen LogP contribution in [-0.4, -0.2) is 59.3 Å². The fourth-order valence-electron chi connectivity index (χ4n) is 2.60. The molecule has 1 amide bonds. The lowest BCUT2D eigenvalue weighted by Crippen LogP contribution is -2.22. The van der Waals surface area contributed by atoms with E-state index in [-0.39, 0.29) is 24.3 Å². The Morgan fingerprint density at radius 3 is 2.59 bits per heavy atom. The van der Waals surface area contributed by atoms with Gasteiger partial charge < -0.3 is 26.0 Å². The normalized spacial score (nSPS) is 10.8. The van der Waals surface area contributed by atoms with E-state index in [2.05, 4.69) is 30.9 Å². The van der Waals surface area contributed by atoms with Gasteiger partial charge in [0, 0.05) is 37.7 Å². The van der Waals surface area contributed by atoms with Crippen molar-refractivity contribution in [2.24, 2.45) is 4.99 Å². The molecule has 0 radical (unpaired) electrons. The highest BCUT2D eigenvalue weighted by Gasteiger charge is 2.09. The number of aliphatic imine (C=N–C) groups is 1. The van der Waals surface area contributed by atoms with E-state index >= 15 is 0 Å². The molecule has 4 N–H and O–H groups in total. The molecular weight excluding hydrogens is 413 g/mol. The number of hydrogen-bond acceptors (Lipinski definition) is 8. The van der Waals surface area contributed by atoms with Crippen molar-refractivity contribution in [3.8, 4) is 0 Å². The molecule has 0 bridgehead atoms. The summed E-state index contributed by atoms with van der Waals surface area (Å²) < 4.78 is 14.3. The Morgan fingerprint density at radius 1 is 1.12 bits per heavy atom. The molecule has 0 fully saturated rings. The monoisotopic (exact) mass is 437 g/mol. The van der Waals surface area contributed by atoms with Crippen molar-refractivity contribution < 1.29 is 14.3 Å². The summed E-state index contributed by atoms with van der Waals surface area (Å²) in [5.74, 6) is -0.636. The molecular formula is C22H24FN7O2. The number of nitrogens with one attached hydrogen (secondary N) is 3. The number of nitrogens with zero attached hydrogens (tertiary/aromatic N) is 4. The van der Waals surface area contributed by atoms with Gasteiger partial charge in [-0.2, -0.15) is 4.98 Å². The number of carbonyl (C=O) groups excluding carboxylic acids is 1. The van der Waals surface area contributed by atoms with Crippen LogP contribution in [0.4, 0.5) is 38.9 Å². The standard InChI is InChI=1S/C22H24FN7O2/c1-30(2)20(32)14-25-16-6-4-8-18(12-16)28-22-26-13-19(23)21(29-22)27-17-7-3-5-15(11-17)24-9-10-31/h3-8,11-14,24,31H,9-10H2,1-2H3,(H2,26,27,28,29). The van der Waals surface area contributed by atoms with Gasteiger partial charge in [-0.15, -0.1) is 0 Å². The Hall–Kier alpha value is -4.05. The first-order valence-corrected chi connectivity index (χ1v) is 9.81. The molecule has 166 valence electrons. The van der Waals surface area contributed by atoms with Gasteiger partial charge in [-0.1, -0.05) is 12.1 Å². The van der Waals surface area contributed by atoms with E-state index in [1.54, 1.807) is 56.6 Å². The maximum absolute atomic E-state index is 14.3. The van der Waals surface area contributed by atoms with Gasteiger partial charge in [0.2, 0.25) is 5.95 Å². The van der Waals surface area contributed by atoms with Crippen LogP contribution in [0, 0.1) is 5.82 Å². The zero-order chi connectivity index (χ0) is 22.9. The molecule has 10 heteroatoms. The summed E-state index contributed by atoms with van der Waals surface area (Å²) in [6, 6.07) is 14.2. The molecule has 0 aliphatic rings. The van der Waals surface area contributed by atoms with Crippen LogP contribution >= 0.6 is 0 Å². The maximum Gasteiger partial charge on any atom is 0.264 e. The summed E-state index contributed by atoms with van der Waals surface area (Å²) in [7, 11) is 3.29. The number of aliphatic hydroxyl groups is 1. The van der Waals surface area contributed by atoms with E-state index in [4.69, 9.17) is 5.11 Å². The van der Waals surface area contributed by atoms with Crippen molar-refractivity contribution in [2.75, 3.05) is 43.2 Å². The highest BCUT2D eigenvalue weighted by Crippen LogP contribution is 2.24. The van der Waals surface area contributed by atoms with Gasteiger partial charge in [-0.05, 0) is 36.4 Å². The topological polar surface area (TPSA) is 115 Å². The predicted molar refractivity (Wildman–Crippen MR) is 124 cm³/mol. The molecule has 2 aromatic carbocycles. The molecule has 0 unspecified atom stereocenters. The quantitative estimate of drug-likeness (QED) is 0.380. The minimum absolute atomic E-state index is 0.00565. The minimum atomic E-state index is -0.607. The van der Waals surface area contributed by atoms with E-state index in [9.17, 15) is 9.18 Å². The zero-order valence-corrected chi connectivity index (χ0v) is 17.7. The van der Waals surface area contributed by atoms with Gasteiger partial charge >= 0.3 is 0 Å². The number of aliphatic hydroxyl groups excluding tert-OH is 1. The van der Waals surface area contributed by atoms with Crippen LogP contribution in [0.1, 0.15) is 0 Å². The summed E-state index contributed by atoms with van der Waals surface area (Å²) in [5, 5.41) is 17.9. The third-order valence-corrected chi connectivity index (χ3v) is 4.18. The van der Waals surface area contributed by atoms with Gasteiger partial charge in [0.25, 0.3) is 5.91 Å². The molecule has 0 saturated carbocycles. The van der Waals surface area contributed by atoms with E-state index in [0.717, 1.165) is 11.9 Å². The van der Waals surface area contributed by atoms with Crippen molar-refractivity contribution in [2.45, 2.75) is 0 Å². The van der Waals surface area contributed by atoms with Crippen molar-refractivity contribution in [1.29, 1.82) is 0 Å². The smallest absolute Gasteiger partial charge is 0.264 e. The number of anilines is 5. The Bertz CT molecular complexity index is 1110. The zero-order valence-electron chi connectivity index (χ0n) is 17.7. The Balaban J connectivity index is 1.74. The molecule has 3 aromatic rings. The number of carbonyl (C=O) groups is 1. The average Bonchev–Trinajstić information content (AvgIpc) is 2.79. The minimum Gasteiger partial charge on any atom is -0.395 e. The van der Waals surface area contributed by atoms with Crippen molar-refractivity contribution in [3.63, 3.8) is 0 Å². The maximum atomic E-state index is 14.3. The second-order valence-electron chi connectivity index (χ2n) is 6.91. The van der Waals surface area contributed by atoms with Crippen LogP contribution in [0.15, 0.2) is 59.7 Å². The Morgan fingerprint density at radius 2 is 1.84 bits per heavy atom. The molecule has 9 nitrogen and oxygen atoms in total. The van der Waals surface area contributed by atoms with Gasteiger partial charge in [0.15, 0.2) is 11.6 Å². The lowest BCUT2D eigenvalue weighted by Gasteiger charge is -2.11. The summed E-state index contributed by atoms with van der Waals surface area (Å²) in [4.78, 5) is 25.4. The SMILES string of the molecule is CN(C)C(=O)C=Nc1cccc(Nc2ncc(F)c(Nc3cccc(NCCO)c3)n2)c1. The number of halogens is 1. The van der Waals surface area contributed by atoms with E-state index in [1.807, 2.05) is 6.07 Å². The Labute approximate surface area is 185 Å². The van der Waals surface area contributed by atoms with Crippen LogP contribution in [-0.2, 0) is 4.79 Å². The number of benzene rings is 2. The third kappa shape index (κ3) is 6.47. The summed E-state index contributed by atoms with van der Waals surface area (Å²) in [5.41, 5.74) is 2.60. The van der Waals surface area contributed by atoms with Crippen LogP contribution in [0.25, 0.3) is 0 Å². The van der Waals surface area contributed by atoms with Gasteiger partial charge in [-0.25, -0.2) is 9.37 Å². The second-order valence-corrected chi connectivity index (χ2v) is 6.91. The molecule has 1 aromatic heterocycles. The highest BCUT2D eigenvalue weighted by atomic mass is 19.1. The van der Waals surface area contributed by atoms with Gasteiger partial charge in [0.05, 0.1) is 24.7 Å². The fraction of sp³-hybridized carbons (Fsp3) is 0.182. The number of hydrogen-bond donors (Lipinski definition) is 4. The highest BCUT2D eigenvalue weighted by molar-refractivity contribution is 6.26. The lowest BCUT2D eigenvalue weighted by atomic mass is 10.2. The fourth-order valence-corrected chi connectivity index (χ4v) is 2.60. The predicted octanol–water partition coefficient (Wildman–Crippen LogP) is 3.30. The van der Waals surface area contributed by atoms with Gasteiger partial charge in [0.1, 0.15) is 0 Å². The molecule has 0 spiro atoms. The number of rotatable bonds is 9. The summed E-state index contributed by atoms with van der Waals surface area (Å²) in [6.07, 6.45) is 2.31. The molecule has 1 heterocycles. The summed E-state index contributed by atoms with van der Waals surface area (Å²) in [6.45, 7) is 0.414. The van der Waals surface area contributed by atoms with Crippen LogP contribution in [0.5, 0.6) is 0 Å². The molecule has 0 atom stereocenters. The van der Waals surface area contributed by atoms with Crippen molar-refractivity contribution in [1.82, 2.24) is 14.9 Å². The van der Waals surface area contributed by atoms with Crippen molar-refractivity contribution in [3.05, 3.63) is 60.5 Å². The average molecular weight is 437 g/mol. The first kappa shape index (κ1) is 22.6. The third-order valence-electron chi connectivity index (χ3n) is 4.18. The first-order chi connectivity index (χ1) is 15.4. The lowest BCUT2D eigenvalue weighted by molar-refractivity contribution is -0.121. The van der Waals surface area contributed by atoms with Crippen LogP contribution in [0.3, 0.4) is 0 Å². The summed E-state index contributed by atoms with van der Waals surface area (Å²) >= 11 is 0. The molecule has 0 saturated heterocycles. The largest absolute Gasteiger partial charge is 0.395 e.